The van der Waals surface area contributed by atoms with Crippen LogP contribution in [0.4, 0.5) is 0 Å². The van der Waals surface area contributed by atoms with Crippen LogP contribution in [0.2, 0.25) is 0 Å². The lowest BCUT2D eigenvalue weighted by Crippen LogP contribution is -2.24. The van der Waals surface area contributed by atoms with Crippen molar-refractivity contribution in [2.75, 3.05) is 12.9 Å². The van der Waals surface area contributed by atoms with Gasteiger partial charge in [-0.05, 0) is 46.1 Å². The van der Waals surface area contributed by atoms with Gasteiger partial charge in [0.25, 0.3) is 10.1 Å². The zero-order chi connectivity index (χ0) is 18.7. The number of H-pyrrole nitrogens is 1. The third-order valence-electron chi connectivity index (χ3n) is 3.01. The van der Waals surface area contributed by atoms with Crippen molar-refractivity contribution in [1.82, 2.24) is 4.98 Å². The second-order valence-electron chi connectivity index (χ2n) is 6.42. The number of esters is 1. The Balaban J connectivity index is 2.98. The van der Waals surface area contributed by atoms with Gasteiger partial charge in [0.15, 0.2) is 0 Å². The largest absolute Gasteiger partial charge is 0.478 e. The number of ether oxygens (including phenoxy) is 1. The summed E-state index contributed by atoms with van der Waals surface area (Å²) in [6.07, 6.45) is 1.44. The molecule has 1 heterocycles. The number of aromatic carboxylic acids is 1. The Kier molecular flexibility index (Phi) is 6.18. The highest BCUT2D eigenvalue weighted by atomic mass is 32.2. The minimum Gasteiger partial charge on any atom is -0.478 e. The summed E-state index contributed by atoms with van der Waals surface area (Å²) < 4.78 is 31.7. The van der Waals surface area contributed by atoms with Gasteiger partial charge in [0.2, 0.25) is 0 Å². The number of aromatic nitrogens is 1. The quantitative estimate of drug-likeness (QED) is 0.432. The Bertz CT molecular complexity index is 726. The van der Waals surface area contributed by atoms with Crippen LogP contribution in [0.25, 0.3) is 0 Å². The number of carbonyl (C=O) groups excluding carboxylic acids is 1. The molecule has 0 aliphatic heterocycles. The Morgan fingerprint density at radius 3 is 2.29 bits per heavy atom. The van der Waals surface area contributed by atoms with E-state index in [1.807, 2.05) is 0 Å². The van der Waals surface area contributed by atoms with E-state index < -0.39 is 27.7 Å². The van der Waals surface area contributed by atoms with E-state index in [4.69, 9.17) is 4.74 Å². The molecule has 1 rings (SSSR count). The third kappa shape index (κ3) is 5.97. The number of hydrogen-bond donors (Lipinski definition) is 2. The van der Waals surface area contributed by atoms with E-state index in [-0.39, 0.29) is 36.3 Å². The molecule has 0 unspecified atom stereocenters. The van der Waals surface area contributed by atoms with Crippen molar-refractivity contribution in [3.05, 3.63) is 22.5 Å². The molecule has 0 atom stereocenters. The van der Waals surface area contributed by atoms with Crippen LogP contribution in [0.3, 0.4) is 0 Å². The molecule has 136 valence electrons. The summed E-state index contributed by atoms with van der Waals surface area (Å²) in [6.45, 7) is 6.59. The van der Waals surface area contributed by atoms with Gasteiger partial charge in [0.05, 0.1) is 18.4 Å². The lowest BCUT2D eigenvalue weighted by Gasteiger charge is -2.19. The van der Waals surface area contributed by atoms with Crippen molar-refractivity contribution in [1.29, 1.82) is 0 Å². The first kappa shape index (κ1) is 20.2. The van der Waals surface area contributed by atoms with Crippen LogP contribution in [0.15, 0.2) is 0 Å². The van der Waals surface area contributed by atoms with Crippen LogP contribution >= 0.6 is 0 Å². The van der Waals surface area contributed by atoms with Crippen molar-refractivity contribution in [3.8, 4) is 0 Å². The van der Waals surface area contributed by atoms with Gasteiger partial charge in [-0.2, -0.15) is 8.42 Å². The fourth-order valence-electron chi connectivity index (χ4n) is 2.13. The summed E-state index contributed by atoms with van der Waals surface area (Å²) in [4.78, 5) is 26.4. The van der Waals surface area contributed by atoms with Gasteiger partial charge >= 0.3 is 11.9 Å². The summed E-state index contributed by atoms with van der Waals surface area (Å²) in [6, 6.07) is 0. The van der Waals surface area contributed by atoms with Gasteiger partial charge in [-0.15, -0.1) is 0 Å². The van der Waals surface area contributed by atoms with Crippen molar-refractivity contribution < 1.29 is 32.0 Å². The van der Waals surface area contributed by atoms with Crippen molar-refractivity contribution in [2.24, 2.45) is 0 Å². The molecule has 0 radical (unpaired) electrons. The first-order valence-electron chi connectivity index (χ1n) is 7.34. The number of aromatic amines is 1. The second kappa shape index (κ2) is 7.35. The van der Waals surface area contributed by atoms with Crippen LogP contribution in [-0.4, -0.2) is 48.9 Å². The van der Waals surface area contributed by atoms with Crippen molar-refractivity contribution >= 4 is 22.1 Å². The van der Waals surface area contributed by atoms with Crippen molar-refractivity contribution in [2.45, 2.75) is 46.1 Å². The molecule has 0 spiro atoms. The van der Waals surface area contributed by atoms with E-state index in [1.54, 1.807) is 20.8 Å². The molecule has 0 amide bonds. The molecule has 0 aliphatic carbocycles. The van der Waals surface area contributed by atoms with Gasteiger partial charge < -0.3 is 14.8 Å². The molecule has 24 heavy (non-hydrogen) atoms. The molecule has 0 bridgehead atoms. The molecule has 2 N–H and O–H groups in total. The van der Waals surface area contributed by atoms with E-state index in [9.17, 15) is 23.1 Å². The summed E-state index contributed by atoms with van der Waals surface area (Å²) in [5.41, 5.74) is -0.00747. The maximum Gasteiger partial charge on any atom is 0.355 e. The van der Waals surface area contributed by atoms with Crippen molar-refractivity contribution in [3.63, 3.8) is 0 Å². The number of carbonyl (C=O) groups is 2. The highest BCUT2D eigenvalue weighted by Gasteiger charge is 2.26. The van der Waals surface area contributed by atoms with Crippen LogP contribution in [0.5, 0.6) is 0 Å². The smallest absolute Gasteiger partial charge is 0.355 e. The lowest BCUT2D eigenvalue weighted by molar-refractivity contribution is 0.00625. The Hall–Kier alpha value is -1.87. The first-order chi connectivity index (χ1) is 10.8. The normalized spacial score (nSPS) is 12.2. The molecule has 0 aromatic carbocycles. The van der Waals surface area contributed by atoms with Gasteiger partial charge in [-0.3, -0.25) is 4.18 Å². The highest BCUT2D eigenvalue weighted by molar-refractivity contribution is 7.85. The zero-order valence-corrected chi connectivity index (χ0v) is 15.2. The Labute approximate surface area is 141 Å². The van der Waals surface area contributed by atoms with Crippen LogP contribution in [-0.2, 0) is 25.5 Å². The standard InChI is InChI=1S/C15H23NO7S/c1-9-11(13(17)18)10(7-6-8-22-24(5,20)21)16-12(9)14(19)23-15(2,3)4/h16H,6-8H2,1-5H3,(H,17,18). The van der Waals surface area contributed by atoms with Gasteiger partial charge in [0, 0.05) is 5.69 Å². The number of rotatable bonds is 7. The third-order valence-corrected chi connectivity index (χ3v) is 3.61. The molecule has 0 saturated heterocycles. The monoisotopic (exact) mass is 361 g/mol. The molecule has 0 aliphatic rings. The van der Waals surface area contributed by atoms with Crippen LogP contribution < -0.4 is 0 Å². The van der Waals surface area contributed by atoms with E-state index in [2.05, 4.69) is 9.17 Å². The maximum atomic E-state index is 12.2. The highest BCUT2D eigenvalue weighted by Crippen LogP contribution is 2.22. The first-order valence-corrected chi connectivity index (χ1v) is 9.16. The fourth-order valence-corrected chi connectivity index (χ4v) is 2.55. The lowest BCUT2D eigenvalue weighted by atomic mass is 10.1. The Morgan fingerprint density at radius 2 is 1.83 bits per heavy atom. The minimum absolute atomic E-state index is 0.00443. The van der Waals surface area contributed by atoms with E-state index >= 15 is 0 Å². The van der Waals surface area contributed by atoms with E-state index in [0.29, 0.717) is 5.69 Å². The second-order valence-corrected chi connectivity index (χ2v) is 8.06. The number of aryl methyl sites for hydroxylation is 1. The molecule has 0 fully saturated rings. The van der Waals surface area contributed by atoms with Gasteiger partial charge in [-0.25, -0.2) is 9.59 Å². The molecule has 1 aromatic rings. The number of carboxylic acids is 1. The molecule has 8 nitrogen and oxygen atoms in total. The molecule has 9 heteroatoms. The summed E-state index contributed by atoms with van der Waals surface area (Å²) in [5, 5.41) is 9.36. The fraction of sp³-hybridized carbons (Fsp3) is 0.600. The summed E-state index contributed by atoms with van der Waals surface area (Å²) in [5.74, 6) is -1.81. The van der Waals surface area contributed by atoms with Crippen LogP contribution in [0, 0.1) is 6.92 Å². The summed E-state index contributed by atoms with van der Waals surface area (Å²) >= 11 is 0. The van der Waals surface area contributed by atoms with Gasteiger partial charge in [0.1, 0.15) is 11.3 Å². The maximum absolute atomic E-state index is 12.2. The summed E-state index contributed by atoms with van der Waals surface area (Å²) in [7, 11) is -3.54. The number of carboxylic acid groups (broad SMARTS) is 1. The zero-order valence-electron chi connectivity index (χ0n) is 14.4. The molecular formula is C15H23NO7S. The van der Waals surface area contributed by atoms with Gasteiger partial charge in [-0.1, -0.05) is 0 Å². The van der Waals surface area contributed by atoms with E-state index in [1.165, 1.54) is 6.92 Å². The average Bonchev–Trinajstić information content (AvgIpc) is 2.68. The molecule has 0 saturated carbocycles. The Morgan fingerprint density at radius 1 is 1.25 bits per heavy atom. The number of hydrogen-bond acceptors (Lipinski definition) is 6. The number of nitrogens with one attached hydrogen (secondary N) is 1. The van der Waals surface area contributed by atoms with Crippen LogP contribution in [0.1, 0.15) is 59.3 Å². The minimum atomic E-state index is -3.54. The molecular weight excluding hydrogens is 338 g/mol. The average molecular weight is 361 g/mol. The molecule has 1 aromatic heterocycles. The predicted molar refractivity (Wildman–Crippen MR) is 86.8 cm³/mol. The van der Waals surface area contributed by atoms with E-state index in [0.717, 1.165) is 6.26 Å². The topological polar surface area (TPSA) is 123 Å². The SMILES string of the molecule is Cc1c(C(=O)OC(C)(C)C)[nH]c(CCCOS(C)(=O)=O)c1C(=O)O. The predicted octanol–water partition coefficient (Wildman–Crippen LogP) is 1.89.